The fourth-order valence-corrected chi connectivity index (χ4v) is 2.48. The number of amides is 2. The summed E-state index contributed by atoms with van der Waals surface area (Å²) < 4.78 is 13.9. The maximum Gasteiger partial charge on any atom is 0.247 e. The van der Waals surface area contributed by atoms with E-state index in [4.69, 9.17) is 0 Å². The molecular formula is C14H15FN2O2. The Bertz CT molecular complexity index is 528. The van der Waals surface area contributed by atoms with E-state index in [1.165, 1.54) is 11.0 Å². The van der Waals surface area contributed by atoms with Gasteiger partial charge in [0.15, 0.2) is 0 Å². The molecule has 1 unspecified atom stereocenters. The molecule has 5 heteroatoms. The maximum atomic E-state index is 13.9. The Labute approximate surface area is 110 Å². The molecule has 0 spiro atoms. The van der Waals surface area contributed by atoms with Crippen LogP contribution in [0, 0.1) is 11.7 Å². The highest BCUT2D eigenvalue weighted by molar-refractivity contribution is 5.91. The Hall–Kier alpha value is -1.91. The summed E-state index contributed by atoms with van der Waals surface area (Å²) in [5.41, 5.74) is 0.272. The first-order valence-corrected chi connectivity index (χ1v) is 6.51. The van der Waals surface area contributed by atoms with E-state index in [0.29, 0.717) is 13.1 Å². The van der Waals surface area contributed by atoms with Gasteiger partial charge in [-0.05, 0) is 18.9 Å². The summed E-state index contributed by atoms with van der Waals surface area (Å²) in [6.45, 7) is 0.877. The molecule has 4 nitrogen and oxygen atoms in total. The molecule has 1 saturated carbocycles. The molecule has 0 bridgehead atoms. The van der Waals surface area contributed by atoms with Crippen molar-refractivity contribution in [2.24, 2.45) is 5.92 Å². The predicted octanol–water partition coefficient (Wildman–Crippen LogP) is 1.24. The molecule has 2 amide bonds. The molecule has 2 fully saturated rings. The number of carbonyl (C=O) groups excluding carboxylic acids is 2. The summed E-state index contributed by atoms with van der Waals surface area (Å²) in [6.07, 6.45) is 1.75. The van der Waals surface area contributed by atoms with E-state index in [2.05, 4.69) is 5.32 Å². The van der Waals surface area contributed by atoms with Gasteiger partial charge in [0.2, 0.25) is 11.8 Å². The van der Waals surface area contributed by atoms with Crippen LogP contribution in [-0.4, -0.2) is 29.8 Å². The van der Waals surface area contributed by atoms with Crippen LogP contribution in [0.5, 0.6) is 0 Å². The molecular weight excluding hydrogens is 247 g/mol. The van der Waals surface area contributed by atoms with E-state index in [1.54, 1.807) is 18.2 Å². The Morgan fingerprint density at radius 3 is 2.74 bits per heavy atom. The number of benzene rings is 1. The quantitative estimate of drug-likeness (QED) is 0.871. The summed E-state index contributed by atoms with van der Waals surface area (Å²) in [5, 5.41) is 2.70. The Balaban J connectivity index is 1.95. The molecule has 1 aromatic carbocycles. The Kier molecular flexibility index (Phi) is 2.97. The summed E-state index contributed by atoms with van der Waals surface area (Å²) in [4.78, 5) is 25.8. The summed E-state index contributed by atoms with van der Waals surface area (Å²) >= 11 is 0. The van der Waals surface area contributed by atoms with E-state index in [1.807, 2.05) is 0 Å². The first-order chi connectivity index (χ1) is 9.18. The molecule has 1 aliphatic heterocycles. The molecule has 1 saturated heterocycles. The second-order valence-corrected chi connectivity index (χ2v) is 5.02. The molecule has 3 rings (SSSR count). The zero-order valence-corrected chi connectivity index (χ0v) is 10.4. The SMILES string of the molecule is O=C1NCCN(C(=O)C2CC2)C1c1ccccc1F. The number of hydrogen-bond acceptors (Lipinski definition) is 2. The smallest absolute Gasteiger partial charge is 0.247 e. The van der Waals surface area contributed by atoms with Crippen LogP contribution < -0.4 is 5.32 Å². The zero-order chi connectivity index (χ0) is 13.4. The van der Waals surface area contributed by atoms with Gasteiger partial charge in [-0.15, -0.1) is 0 Å². The molecule has 2 aliphatic rings. The molecule has 19 heavy (non-hydrogen) atoms. The third kappa shape index (κ3) is 2.20. The van der Waals surface area contributed by atoms with Gasteiger partial charge in [0.25, 0.3) is 0 Å². The molecule has 1 aliphatic carbocycles. The van der Waals surface area contributed by atoms with E-state index in [0.717, 1.165) is 12.8 Å². The highest BCUT2D eigenvalue weighted by atomic mass is 19.1. The molecule has 100 valence electrons. The van der Waals surface area contributed by atoms with Crippen molar-refractivity contribution in [1.29, 1.82) is 0 Å². The number of nitrogens with one attached hydrogen (secondary N) is 1. The van der Waals surface area contributed by atoms with Gasteiger partial charge in [0.1, 0.15) is 11.9 Å². The third-order valence-corrected chi connectivity index (χ3v) is 3.62. The average molecular weight is 262 g/mol. The van der Waals surface area contributed by atoms with Crippen LogP contribution in [0.2, 0.25) is 0 Å². The van der Waals surface area contributed by atoms with Crippen molar-refractivity contribution in [3.63, 3.8) is 0 Å². The lowest BCUT2D eigenvalue weighted by Crippen LogP contribution is -2.52. The highest BCUT2D eigenvalue weighted by Crippen LogP contribution is 2.35. The van der Waals surface area contributed by atoms with Gasteiger partial charge >= 0.3 is 0 Å². The summed E-state index contributed by atoms with van der Waals surface area (Å²) in [7, 11) is 0. The molecule has 0 aromatic heterocycles. The van der Waals surface area contributed by atoms with E-state index < -0.39 is 11.9 Å². The largest absolute Gasteiger partial charge is 0.352 e. The zero-order valence-electron chi connectivity index (χ0n) is 10.4. The van der Waals surface area contributed by atoms with Crippen molar-refractivity contribution in [2.45, 2.75) is 18.9 Å². The van der Waals surface area contributed by atoms with Gasteiger partial charge in [0.05, 0.1) is 0 Å². The Morgan fingerprint density at radius 1 is 1.32 bits per heavy atom. The van der Waals surface area contributed by atoms with E-state index in [9.17, 15) is 14.0 Å². The van der Waals surface area contributed by atoms with Gasteiger partial charge < -0.3 is 10.2 Å². The standard InChI is InChI=1S/C14H15FN2O2/c15-11-4-2-1-3-10(11)12-13(18)16-7-8-17(12)14(19)9-5-6-9/h1-4,9,12H,5-8H2,(H,16,18). The number of piperazine rings is 1. The van der Waals surface area contributed by atoms with Crippen LogP contribution in [0.1, 0.15) is 24.4 Å². The molecule has 1 N–H and O–H groups in total. The van der Waals surface area contributed by atoms with Crippen LogP contribution in [0.25, 0.3) is 0 Å². The van der Waals surface area contributed by atoms with Gasteiger partial charge in [0, 0.05) is 24.6 Å². The van der Waals surface area contributed by atoms with Crippen LogP contribution >= 0.6 is 0 Å². The lowest BCUT2D eigenvalue weighted by molar-refractivity contribution is -0.144. The Morgan fingerprint density at radius 2 is 2.05 bits per heavy atom. The fourth-order valence-electron chi connectivity index (χ4n) is 2.48. The second kappa shape index (κ2) is 4.64. The van der Waals surface area contributed by atoms with Crippen molar-refractivity contribution in [1.82, 2.24) is 10.2 Å². The monoisotopic (exact) mass is 262 g/mol. The topological polar surface area (TPSA) is 49.4 Å². The number of halogens is 1. The number of nitrogens with zero attached hydrogens (tertiary/aromatic N) is 1. The van der Waals surface area contributed by atoms with Crippen LogP contribution in [0.4, 0.5) is 4.39 Å². The number of hydrogen-bond donors (Lipinski definition) is 1. The van der Waals surface area contributed by atoms with E-state index in [-0.39, 0.29) is 23.3 Å². The van der Waals surface area contributed by atoms with Gasteiger partial charge in [-0.2, -0.15) is 0 Å². The van der Waals surface area contributed by atoms with Crippen molar-refractivity contribution in [3.8, 4) is 0 Å². The third-order valence-electron chi connectivity index (χ3n) is 3.62. The molecule has 1 atom stereocenters. The normalized spacial score (nSPS) is 23.1. The molecule has 1 aromatic rings. The first-order valence-electron chi connectivity index (χ1n) is 6.51. The van der Waals surface area contributed by atoms with Gasteiger partial charge in [-0.3, -0.25) is 9.59 Å². The summed E-state index contributed by atoms with van der Waals surface area (Å²) in [6, 6.07) is 5.31. The predicted molar refractivity (Wildman–Crippen MR) is 66.6 cm³/mol. The average Bonchev–Trinajstić information content (AvgIpc) is 3.23. The van der Waals surface area contributed by atoms with Crippen molar-refractivity contribution in [2.75, 3.05) is 13.1 Å². The van der Waals surface area contributed by atoms with Crippen LogP contribution in [0.15, 0.2) is 24.3 Å². The van der Waals surface area contributed by atoms with Crippen molar-refractivity contribution in [3.05, 3.63) is 35.6 Å². The minimum Gasteiger partial charge on any atom is -0.352 e. The second-order valence-electron chi connectivity index (χ2n) is 5.02. The minimum atomic E-state index is -0.831. The lowest BCUT2D eigenvalue weighted by Gasteiger charge is -2.35. The molecule has 1 heterocycles. The van der Waals surface area contributed by atoms with E-state index >= 15 is 0 Å². The van der Waals surface area contributed by atoms with Crippen LogP contribution in [-0.2, 0) is 9.59 Å². The summed E-state index contributed by atoms with van der Waals surface area (Å²) in [5.74, 6) is -0.744. The van der Waals surface area contributed by atoms with Gasteiger partial charge in [-0.1, -0.05) is 18.2 Å². The van der Waals surface area contributed by atoms with Gasteiger partial charge in [-0.25, -0.2) is 4.39 Å². The number of rotatable bonds is 2. The first kappa shape index (κ1) is 12.1. The fraction of sp³-hybridized carbons (Fsp3) is 0.429. The lowest BCUT2D eigenvalue weighted by atomic mass is 10.0. The van der Waals surface area contributed by atoms with Crippen molar-refractivity contribution >= 4 is 11.8 Å². The minimum absolute atomic E-state index is 0.0249. The van der Waals surface area contributed by atoms with Crippen LogP contribution in [0.3, 0.4) is 0 Å². The number of carbonyl (C=O) groups is 2. The maximum absolute atomic E-state index is 13.9. The van der Waals surface area contributed by atoms with Crippen molar-refractivity contribution < 1.29 is 14.0 Å². The highest BCUT2D eigenvalue weighted by Gasteiger charge is 2.41. The molecule has 0 radical (unpaired) electrons.